The molecular weight excluding hydrogens is 326 g/mol. The van der Waals surface area contributed by atoms with Crippen molar-refractivity contribution in [1.29, 1.82) is 0 Å². The third kappa shape index (κ3) is 2.99. The standard InChI is InChI=1S/C14H15NO5S2/c1-15(21(16,17)13-6-4-3-5-7-13)22(18,19)14-10-8-12(20-2)9-11-14/h3-11H,1-2H3. The molecule has 6 nitrogen and oxygen atoms in total. The molecule has 0 aromatic heterocycles. The maximum absolute atomic E-state index is 12.5. The largest absolute Gasteiger partial charge is 0.497 e. The number of nitrogens with zero attached hydrogens (tertiary/aromatic N) is 1. The van der Waals surface area contributed by atoms with E-state index in [-0.39, 0.29) is 9.79 Å². The lowest BCUT2D eigenvalue weighted by molar-refractivity contribution is 0.414. The van der Waals surface area contributed by atoms with E-state index in [4.69, 9.17) is 4.74 Å². The highest BCUT2D eigenvalue weighted by Crippen LogP contribution is 2.23. The van der Waals surface area contributed by atoms with Crippen LogP contribution < -0.4 is 4.74 Å². The fraction of sp³-hybridized carbons (Fsp3) is 0.143. The number of benzene rings is 2. The molecule has 0 unspecified atom stereocenters. The van der Waals surface area contributed by atoms with Crippen LogP contribution in [0.3, 0.4) is 0 Å². The molecule has 0 amide bonds. The van der Waals surface area contributed by atoms with E-state index < -0.39 is 20.0 Å². The summed E-state index contributed by atoms with van der Waals surface area (Å²) in [4.78, 5) is -0.218. The van der Waals surface area contributed by atoms with Crippen molar-refractivity contribution in [3.05, 3.63) is 54.6 Å². The van der Waals surface area contributed by atoms with Crippen molar-refractivity contribution in [3.63, 3.8) is 0 Å². The van der Waals surface area contributed by atoms with E-state index in [9.17, 15) is 16.8 Å². The Morgan fingerprint density at radius 2 is 1.23 bits per heavy atom. The minimum absolute atomic E-state index is 0.0883. The summed E-state index contributed by atoms with van der Waals surface area (Å²) < 4.78 is 55.0. The second-order valence-electron chi connectivity index (χ2n) is 4.38. The van der Waals surface area contributed by atoms with Crippen LogP contribution in [0.5, 0.6) is 5.75 Å². The van der Waals surface area contributed by atoms with E-state index in [0.29, 0.717) is 9.46 Å². The van der Waals surface area contributed by atoms with Gasteiger partial charge in [0.2, 0.25) is 0 Å². The van der Waals surface area contributed by atoms with Gasteiger partial charge in [-0.2, -0.15) is 0 Å². The Morgan fingerprint density at radius 1 is 0.773 bits per heavy atom. The molecule has 0 saturated heterocycles. The van der Waals surface area contributed by atoms with Gasteiger partial charge in [-0.3, -0.25) is 0 Å². The molecule has 2 aromatic carbocycles. The van der Waals surface area contributed by atoms with Gasteiger partial charge in [0.05, 0.1) is 16.9 Å². The predicted octanol–water partition coefficient (Wildman–Crippen LogP) is 1.70. The normalized spacial score (nSPS) is 12.3. The van der Waals surface area contributed by atoms with Crippen LogP contribution in [0.2, 0.25) is 0 Å². The van der Waals surface area contributed by atoms with Gasteiger partial charge < -0.3 is 4.74 Å². The van der Waals surface area contributed by atoms with E-state index in [1.807, 2.05) is 0 Å². The molecule has 2 aromatic rings. The first kappa shape index (κ1) is 16.5. The highest BCUT2D eigenvalue weighted by Gasteiger charge is 2.32. The molecule has 118 valence electrons. The van der Waals surface area contributed by atoms with Gasteiger partial charge in [0.15, 0.2) is 0 Å². The molecule has 0 saturated carbocycles. The Bertz CT molecular complexity index is 844. The molecule has 0 heterocycles. The van der Waals surface area contributed by atoms with Crippen LogP contribution in [-0.4, -0.2) is 34.7 Å². The summed E-state index contributed by atoms with van der Waals surface area (Å²) in [6.07, 6.45) is 0. The van der Waals surface area contributed by atoms with Crippen LogP contribution in [0.4, 0.5) is 0 Å². The Balaban J connectivity index is 2.44. The number of sulfonamides is 2. The first-order valence-electron chi connectivity index (χ1n) is 6.23. The molecule has 0 aliphatic rings. The van der Waals surface area contributed by atoms with Crippen LogP contribution in [-0.2, 0) is 20.0 Å². The van der Waals surface area contributed by atoms with Crippen molar-refractivity contribution in [2.45, 2.75) is 9.79 Å². The second kappa shape index (κ2) is 6.07. The Morgan fingerprint density at radius 3 is 1.68 bits per heavy atom. The zero-order chi connectivity index (χ0) is 16.4. The minimum Gasteiger partial charge on any atom is -0.497 e. The van der Waals surface area contributed by atoms with Crippen molar-refractivity contribution in [2.24, 2.45) is 0 Å². The third-order valence-electron chi connectivity index (χ3n) is 3.08. The van der Waals surface area contributed by atoms with E-state index in [0.717, 1.165) is 7.05 Å². The fourth-order valence-corrected chi connectivity index (χ4v) is 4.89. The lowest BCUT2D eigenvalue weighted by Gasteiger charge is -2.17. The first-order valence-corrected chi connectivity index (χ1v) is 9.11. The van der Waals surface area contributed by atoms with Gasteiger partial charge in [-0.15, -0.1) is 0 Å². The molecule has 8 heteroatoms. The minimum atomic E-state index is -4.18. The second-order valence-corrected chi connectivity index (χ2v) is 8.55. The highest BCUT2D eigenvalue weighted by atomic mass is 32.3. The average Bonchev–Trinajstić information content (AvgIpc) is 2.55. The van der Waals surface area contributed by atoms with Gasteiger partial charge in [-0.25, -0.2) is 16.8 Å². The maximum atomic E-state index is 12.5. The summed E-state index contributed by atoms with van der Waals surface area (Å²) in [5, 5.41) is 0. The van der Waals surface area contributed by atoms with Gasteiger partial charge in [-0.1, -0.05) is 21.9 Å². The van der Waals surface area contributed by atoms with Gasteiger partial charge in [0, 0.05) is 7.05 Å². The monoisotopic (exact) mass is 341 g/mol. The van der Waals surface area contributed by atoms with Crippen molar-refractivity contribution in [3.8, 4) is 5.75 Å². The van der Waals surface area contributed by atoms with Crippen LogP contribution in [0.1, 0.15) is 0 Å². The molecule has 0 bridgehead atoms. The molecule has 0 atom stereocenters. The van der Waals surface area contributed by atoms with Crippen LogP contribution in [0.15, 0.2) is 64.4 Å². The van der Waals surface area contributed by atoms with E-state index in [2.05, 4.69) is 0 Å². The molecule has 0 fully saturated rings. The number of ether oxygens (including phenoxy) is 1. The molecule has 0 N–H and O–H groups in total. The molecule has 22 heavy (non-hydrogen) atoms. The number of hydrogen-bond donors (Lipinski definition) is 0. The Kier molecular flexibility index (Phi) is 4.55. The number of hydrogen-bond acceptors (Lipinski definition) is 5. The lowest BCUT2D eigenvalue weighted by atomic mass is 10.3. The fourth-order valence-electron chi connectivity index (χ4n) is 1.77. The van der Waals surface area contributed by atoms with E-state index >= 15 is 0 Å². The quantitative estimate of drug-likeness (QED) is 0.827. The molecule has 0 spiro atoms. The Labute approximate surface area is 130 Å². The highest BCUT2D eigenvalue weighted by molar-refractivity contribution is 8.04. The molecular formula is C14H15NO5S2. The van der Waals surface area contributed by atoms with Crippen molar-refractivity contribution >= 4 is 20.0 Å². The Hall–Kier alpha value is -1.90. The summed E-state index contributed by atoms with van der Waals surface area (Å²) >= 11 is 0. The van der Waals surface area contributed by atoms with Crippen molar-refractivity contribution in [1.82, 2.24) is 3.71 Å². The summed E-state index contributed by atoms with van der Waals surface area (Å²) in [7, 11) is -5.86. The topological polar surface area (TPSA) is 80.8 Å². The molecule has 0 aliphatic heterocycles. The average molecular weight is 341 g/mol. The summed E-state index contributed by atoms with van der Waals surface area (Å²) in [6.45, 7) is 0. The van der Waals surface area contributed by atoms with Gasteiger partial charge >= 0.3 is 0 Å². The van der Waals surface area contributed by atoms with Gasteiger partial charge in [-0.05, 0) is 36.4 Å². The van der Waals surface area contributed by atoms with Crippen LogP contribution in [0.25, 0.3) is 0 Å². The third-order valence-corrected chi connectivity index (χ3v) is 7.34. The predicted molar refractivity (Wildman–Crippen MR) is 81.6 cm³/mol. The van der Waals surface area contributed by atoms with Gasteiger partial charge in [0.25, 0.3) is 20.0 Å². The molecule has 0 aliphatic carbocycles. The first-order chi connectivity index (χ1) is 10.3. The summed E-state index contributed by atoms with van der Waals surface area (Å²) in [5.74, 6) is 0.479. The summed E-state index contributed by atoms with van der Waals surface area (Å²) in [6, 6.07) is 12.9. The van der Waals surface area contributed by atoms with Crippen LogP contribution in [0, 0.1) is 0 Å². The molecule has 2 rings (SSSR count). The number of rotatable bonds is 5. The smallest absolute Gasteiger partial charge is 0.256 e. The zero-order valence-corrected chi connectivity index (χ0v) is 13.6. The van der Waals surface area contributed by atoms with Crippen LogP contribution >= 0.6 is 0 Å². The van der Waals surface area contributed by atoms with Gasteiger partial charge in [0.1, 0.15) is 5.75 Å². The summed E-state index contributed by atoms with van der Waals surface area (Å²) in [5.41, 5.74) is 0. The number of methoxy groups -OCH3 is 1. The lowest BCUT2D eigenvalue weighted by Crippen LogP contribution is -2.33. The maximum Gasteiger partial charge on any atom is 0.256 e. The van der Waals surface area contributed by atoms with Crippen molar-refractivity contribution < 1.29 is 21.6 Å². The van der Waals surface area contributed by atoms with Crippen molar-refractivity contribution in [2.75, 3.05) is 14.2 Å². The SMILES string of the molecule is COc1ccc(S(=O)(=O)N(C)S(=O)(=O)c2ccccc2)cc1. The molecule has 0 radical (unpaired) electrons. The zero-order valence-electron chi connectivity index (χ0n) is 12.0. The van der Waals surface area contributed by atoms with E-state index in [1.165, 1.54) is 55.6 Å². The van der Waals surface area contributed by atoms with E-state index in [1.54, 1.807) is 6.07 Å².